The van der Waals surface area contributed by atoms with Crippen LogP contribution in [0.4, 0.5) is 28.4 Å². The largest absolute Gasteiger partial charge is 0.345 e. The summed E-state index contributed by atoms with van der Waals surface area (Å²) in [6.45, 7) is 4.25. The Morgan fingerprint density at radius 1 is 0.378 bits per heavy atom. The van der Waals surface area contributed by atoms with Gasteiger partial charge in [0.1, 0.15) is 0 Å². The third kappa shape index (κ3) is 4.54. The van der Waals surface area contributed by atoms with Crippen LogP contribution in [-0.4, -0.2) is 7.05 Å². The van der Waals surface area contributed by atoms with Gasteiger partial charge in [-0.15, -0.1) is 0 Å². The van der Waals surface area contributed by atoms with Crippen LogP contribution in [-0.2, 0) is 0 Å². The predicted molar refractivity (Wildman–Crippen MR) is 160 cm³/mol. The average molecular weight is 479 g/mol. The summed E-state index contributed by atoms with van der Waals surface area (Å²) in [6, 6.07) is 46.1. The molecule has 0 bridgehead atoms. The van der Waals surface area contributed by atoms with Gasteiger partial charge in [0.05, 0.1) is 0 Å². The van der Waals surface area contributed by atoms with E-state index in [0.29, 0.717) is 0 Å². The fourth-order valence-electron chi connectivity index (χ4n) is 4.95. The average Bonchev–Trinajstić information content (AvgIpc) is 2.94. The van der Waals surface area contributed by atoms with E-state index in [9.17, 15) is 0 Å². The maximum atomic E-state index is 2.31. The molecule has 0 amide bonds. The van der Waals surface area contributed by atoms with E-state index in [2.05, 4.69) is 158 Å². The predicted octanol–water partition coefficient (Wildman–Crippen LogP) is 9.85. The molecule has 0 aliphatic carbocycles. The minimum atomic E-state index is 1.13. The van der Waals surface area contributed by atoms with Crippen molar-refractivity contribution in [1.29, 1.82) is 0 Å². The molecule has 0 fully saturated rings. The minimum absolute atomic E-state index is 1.13. The van der Waals surface area contributed by atoms with Gasteiger partial charge in [-0.2, -0.15) is 0 Å². The molecule has 6 aromatic carbocycles. The Morgan fingerprint density at radius 3 is 1.32 bits per heavy atom. The normalized spacial score (nSPS) is 11.1. The highest BCUT2D eigenvalue weighted by atomic mass is 15.1. The number of hydrogen-bond donors (Lipinski definition) is 0. The molecule has 6 rings (SSSR count). The van der Waals surface area contributed by atoms with Gasteiger partial charge in [0.25, 0.3) is 0 Å². The van der Waals surface area contributed by atoms with Gasteiger partial charge < -0.3 is 9.80 Å². The summed E-state index contributed by atoms with van der Waals surface area (Å²) in [4.78, 5) is 4.56. The Balaban J connectivity index is 1.34. The monoisotopic (exact) mass is 478 g/mol. The van der Waals surface area contributed by atoms with Crippen LogP contribution in [0.1, 0.15) is 11.1 Å². The molecule has 180 valence electrons. The van der Waals surface area contributed by atoms with E-state index >= 15 is 0 Å². The van der Waals surface area contributed by atoms with Crippen LogP contribution in [0.5, 0.6) is 0 Å². The Morgan fingerprint density at radius 2 is 0.784 bits per heavy atom. The molecular weight excluding hydrogens is 448 g/mol. The van der Waals surface area contributed by atoms with E-state index < -0.39 is 0 Å². The summed E-state index contributed by atoms with van der Waals surface area (Å²) in [5, 5.41) is 5.06. The van der Waals surface area contributed by atoms with Crippen molar-refractivity contribution in [2.75, 3.05) is 16.8 Å². The van der Waals surface area contributed by atoms with Gasteiger partial charge in [-0.05, 0) is 108 Å². The molecular formula is C35H30N2. The topological polar surface area (TPSA) is 6.48 Å². The molecule has 0 N–H and O–H groups in total. The van der Waals surface area contributed by atoms with Crippen molar-refractivity contribution in [3.8, 4) is 0 Å². The Kier molecular flexibility index (Phi) is 5.86. The maximum absolute atomic E-state index is 2.31. The SMILES string of the molecule is Cc1ccc(N(c2ccc(C)cc2)c2ccc(N(C)c3ccc4cc5ccccc5cc4c3)cc2)cc1. The van der Waals surface area contributed by atoms with Gasteiger partial charge in [0.2, 0.25) is 0 Å². The zero-order valence-electron chi connectivity index (χ0n) is 21.5. The minimum Gasteiger partial charge on any atom is -0.345 e. The van der Waals surface area contributed by atoms with Gasteiger partial charge in [-0.3, -0.25) is 0 Å². The van der Waals surface area contributed by atoms with Crippen LogP contribution < -0.4 is 9.80 Å². The third-order valence-corrected chi connectivity index (χ3v) is 7.16. The van der Waals surface area contributed by atoms with Crippen molar-refractivity contribution in [3.05, 3.63) is 139 Å². The van der Waals surface area contributed by atoms with E-state index in [1.165, 1.54) is 38.4 Å². The Bertz CT molecular complexity index is 1640. The molecule has 0 atom stereocenters. The van der Waals surface area contributed by atoms with Crippen molar-refractivity contribution < 1.29 is 0 Å². The second-order valence-corrected chi connectivity index (χ2v) is 9.81. The fraction of sp³-hybridized carbons (Fsp3) is 0.0857. The number of nitrogens with zero attached hydrogens (tertiary/aromatic N) is 2. The molecule has 2 nitrogen and oxygen atoms in total. The highest BCUT2D eigenvalue weighted by Crippen LogP contribution is 2.37. The van der Waals surface area contributed by atoms with Crippen LogP contribution >= 0.6 is 0 Å². The van der Waals surface area contributed by atoms with E-state index in [1.807, 2.05) is 0 Å². The molecule has 0 aromatic heterocycles. The number of aryl methyl sites for hydroxylation is 2. The number of hydrogen-bond acceptors (Lipinski definition) is 2. The van der Waals surface area contributed by atoms with E-state index in [4.69, 9.17) is 0 Å². The Labute approximate surface area is 219 Å². The van der Waals surface area contributed by atoms with Gasteiger partial charge >= 0.3 is 0 Å². The van der Waals surface area contributed by atoms with E-state index in [1.54, 1.807) is 0 Å². The number of anilines is 5. The van der Waals surface area contributed by atoms with Crippen molar-refractivity contribution in [2.45, 2.75) is 13.8 Å². The quantitative estimate of drug-likeness (QED) is 0.227. The molecule has 0 saturated heterocycles. The zero-order chi connectivity index (χ0) is 25.4. The first kappa shape index (κ1) is 22.9. The van der Waals surface area contributed by atoms with Crippen molar-refractivity contribution in [2.24, 2.45) is 0 Å². The fourth-order valence-corrected chi connectivity index (χ4v) is 4.95. The van der Waals surface area contributed by atoms with E-state index in [-0.39, 0.29) is 0 Å². The number of benzene rings is 6. The second kappa shape index (κ2) is 9.48. The lowest BCUT2D eigenvalue weighted by Crippen LogP contribution is -2.12. The molecule has 37 heavy (non-hydrogen) atoms. The van der Waals surface area contributed by atoms with Crippen LogP contribution in [0.2, 0.25) is 0 Å². The molecule has 0 aliphatic heterocycles. The van der Waals surface area contributed by atoms with Crippen molar-refractivity contribution in [1.82, 2.24) is 0 Å². The van der Waals surface area contributed by atoms with Gasteiger partial charge in [-0.25, -0.2) is 0 Å². The smallest absolute Gasteiger partial charge is 0.0463 e. The summed E-state index contributed by atoms with van der Waals surface area (Å²) in [5.74, 6) is 0. The number of fused-ring (bicyclic) bond motifs is 2. The molecule has 0 unspecified atom stereocenters. The summed E-state index contributed by atoms with van der Waals surface area (Å²) >= 11 is 0. The molecule has 0 spiro atoms. The van der Waals surface area contributed by atoms with Crippen molar-refractivity contribution in [3.63, 3.8) is 0 Å². The highest BCUT2D eigenvalue weighted by Gasteiger charge is 2.13. The van der Waals surface area contributed by atoms with Gasteiger partial charge in [0.15, 0.2) is 0 Å². The lowest BCUT2D eigenvalue weighted by molar-refractivity contribution is 1.20. The summed E-state index contributed by atoms with van der Waals surface area (Å²) in [6.07, 6.45) is 0. The molecule has 0 radical (unpaired) electrons. The molecule has 0 aliphatic rings. The maximum Gasteiger partial charge on any atom is 0.0463 e. The molecule has 6 aromatic rings. The standard InChI is InChI=1S/C35H30N2/c1-25-8-13-32(14-9-25)37(33-15-10-26(2)11-16-33)34-20-18-31(19-21-34)36(3)35-17-12-29-22-27-6-4-5-7-28(27)23-30(29)24-35/h4-24H,1-3H3. The first-order valence-corrected chi connectivity index (χ1v) is 12.7. The van der Waals surface area contributed by atoms with Gasteiger partial charge in [0, 0.05) is 35.5 Å². The third-order valence-electron chi connectivity index (χ3n) is 7.16. The summed E-state index contributed by atoms with van der Waals surface area (Å²) < 4.78 is 0. The highest BCUT2D eigenvalue weighted by molar-refractivity contribution is 5.99. The summed E-state index contributed by atoms with van der Waals surface area (Å²) in [7, 11) is 2.13. The molecule has 2 heteroatoms. The second-order valence-electron chi connectivity index (χ2n) is 9.81. The molecule has 0 heterocycles. The van der Waals surface area contributed by atoms with E-state index in [0.717, 1.165) is 22.7 Å². The van der Waals surface area contributed by atoms with Crippen LogP contribution in [0.15, 0.2) is 127 Å². The summed E-state index contributed by atoms with van der Waals surface area (Å²) in [5.41, 5.74) is 8.27. The zero-order valence-corrected chi connectivity index (χ0v) is 21.5. The van der Waals surface area contributed by atoms with Crippen molar-refractivity contribution >= 4 is 50.0 Å². The Hall–Kier alpha value is -4.56. The lowest BCUT2D eigenvalue weighted by Gasteiger charge is -2.27. The van der Waals surface area contributed by atoms with Crippen LogP contribution in [0.3, 0.4) is 0 Å². The first-order chi connectivity index (χ1) is 18.0. The first-order valence-electron chi connectivity index (χ1n) is 12.7. The molecule has 0 saturated carbocycles. The number of rotatable bonds is 5. The van der Waals surface area contributed by atoms with Gasteiger partial charge in [-0.1, -0.05) is 65.7 Å². The van der Waals surface area contributed by atoms with Crippen LogP contribution in [0.25, 0.3) is 21.5 Å². The lowest BCUT2D eigenvalue weighted by atomic mass is 10.0. The van der Waals surface area contributed by atoms with Crippen LogP contribution in [0, 0.1) is 13.8 Å².